The summed E-state index contributed by atoms with van der Waals surface area (Å²) in [4.78, 5) is 11.0. The molecule has 0 unspecified atom stereocenters. The van der Waals surface area contributed by atoms with E-state index in [2.05, 4.69) is 44.4 Å². The number of anilines is 1. The number of aromatic nitrogens is 2. The lowest BCUT2D eigenvalue weighted by atomic mass is 10.2. The maximum Gasteiger partial charge on any atom is 0.133 e. The molecule has 1 fully saturated rings. The van der Waals surface area contributed by atoms with Gasteiger partial charge in [0, 0.05) is 12.6 Å². The number of hydrogen-bond acceptors (Lipinski definition) is 4. The number of aryl methyl sites for hydroxylation is 1. The lowest BCUT2D eigenvalue weighted by Gasteiger charge is -2.34. The second kappa shape index (κ2) is 4.61. The van der Waals surface area contributed by atoms with E-state index >= 15 is 0 Å². The van der Waals surface area contributed by atoms with Crippen molar-refractivity contribution in [2.24, 2.45) is 0 Å². The minimum Gasteiger partial charge on any atom is -0.377 e. The van der Waals surface area contributed by atoms with Crippen molar-refractivity contribution in [3.8, 4) is 0 Å². The van der Waals surface area contributed by atoms with E-state index in [1.54, 1.807) is 0 Å². The fraction of sp³-hybridized carbons (Fsp3) is 0.600. The first-order valence-electron chi connectivity index (χ1n) is 5.02. The van der Waals surface area contributed by atoms with E-state index in [1.807, 2.05) is 13.0 Å². The minimum absolute atomic E-state index is 0.392. The quantitative estimate of drug-likeness (QED) is 0.582. The molecule has 1 aliphatic rings. The molecule has 1 aromatic rings. The van der Waals surface area contributed by atoms with Gasteiger partial charge in [-0.1, -0.05) is 0 Å². The molecule has 15 heavy (non-hydrogen) atoms. The summed E-state index contributed by atoms with van der Waals surface area (Å²) < 4.78 is 6.40. The van der Waals surface area contributed by atoms with E-state index in [9.17, 15) is 0 Å². The lowest BCUT2D eigenvalue weighted by molar-refractivity contribution is 0.0985. The van der Waals surface area contributed by atoms with Crippen LogP contribution in [0.1, 0.15) is 12.7 Å². The zero-order valence-electron chi connectivity index (χ0n) is 8.90. The highest BCUT2D eigenvalue weighted by Gasteiger charge is 2.20. The van der Waals surface area contributed by atoms with Gasteiger partial charge in [-0.25, -0.2) is 9.97 Å². The first kappa shape index (κ1) is 11.1. The van der Waals surface area contributed by atoms with Crippen LogP contribution in [-0.4, -0.2) is 35.8 Å². The van der Waals surface area contributed by atoms with Crippen LogP contribution in [0.3, 0.4) is 0 Å². The first-order valence-corrected chi connectivity index (χ1v) is 6.10. The number of rotatable bonds is 1. The third kappa shape index (κ3) is 2.57. The first-order chi connectivity index (χ1) is 7.16. The highest BCUT2D eigenvalue weighted by Crippen LogP contribution is 2.18. The van der Waals surface area contributed by atoms with Crippen LogP contribution >= 0.6 is 22.6 Å². The average molecular weight is 319 g/mol. The van der Waals surface area contributed by atoms with Crippen molar-refractivity contribution in [3.05, 3.63) is 15.6 Å². The van der Waals surface area contributed by atoms with Crippen molar-refractivity contribution in [3.63, 3.8) is 0 Å². The number of morpholine rings is 1. The van der Waals surface area contributed by atoms with Gasteiger partial charge in [-0.3, -0.25) is 0 Å². The van der Waals surface area contributed by atoms with Crippen molar-refractivity contribution >= 4 is 28.4 Å². The summed E-state index contributed by atoms with van der Waals surface area (Å²) in [6.07, 6.45) is 0. The highest BCUT2D eigenvalue weighted by atomic mass is 127. The standard InChI is InChI=1S/C10H14IN3O/c1-7-6-15-4-3-14(7)10-5-9(11)12-8(2)13-10/h5,7H,3-4,6H2,1-2H3/t7-/m0/s1. The molecule has 5 heteroatoms. The predicted molar refractivity (Wildman–Crippen MR) is 67.1 cm³/mol. The number of nitrogens with zero attached hydrogens (tertiary/aromatic N) is 3. The van der Waals surface area contributed by atoms with Crippen LogP contribution in [-0.2, 0) is 4.74 Å². The summed E-state index contributed by atoms with van der Waals surface area (Å²) in [6, 6.07) is 2.42. The van der Waals surface area contributed by atoms with E-state index in [-0.39, 0.29) is 0 Å². The van der Waals surface area contributed by atoms with Crippen LogP contribution < -0.4 is 4.90 Å². The molecule has 0 aromatic carbocycles. The van der Waals surface area contributed by atoms with E-state index in [0.717, 1.165) is 35.1 Å². The molecule has 0 radical (unpaired) electrons. The van der Waals surface area contributed by atoms with Crippen LogP contribution in [0.2, 0.25) is 0 Å². The molecule has 1 aliphatic heterocycles. The maximum absolute atomic E-state index is 5.41. The Morgan fingerprint density at radius 1 is 1.53 bits per heavy atom. The van der Waals surface area contributed by atoms with Gasteiger partial charge in [0.25, 0.3) is 0 Å². The van der Waals surface area contributed by atoms with Crippen molar-refractivity contribution < 1.29 is 4.74 Å². The van der Waals surface area contributed by atoms with E-state index in [0.29, 0.717) is 6.04 Å². The fourth-order valence-electron chi connectivity index (χ4n) is 1.73. The Morgan fingerprint density at radius 3 is 3.00 bits per heavy atom. The molecule has 0 N–H and O–H groups in total. The molecule has 0 saturated carbocycles. The van der Waals surface area contributed by atoms with Crippen molar-refractivity contribution in [1.82, 2.24) is 9.97 Å². The molecular weight excluding hydrogens is 305 g/mol. The van der Waals surface area contributed by atoms with Gasteiger partial charge in [0.15, 0.2) is 0 Å². The largest absolute Gasteiger partial charge is 0.377 e. The molecule has 1 atom stereocenters. The van der Waals surface area contributed by atoms with Crippen LogP contribution in [0.5, 0.6) is 0 Å². The summed E-state index contributed by atoms with van der Waals surface area (Å²) in [5.41, 5.74) is 0. The Hall–Kier alpha value is -0.430. The van der Waals surface area contributed by atoms with Crippen molar-refractivity contribution in [1.29, 1.82) is 0 Å². The molecule has 2 rings (SSSR count). The zero-order valence-corrected chi connectivity index (χ0v) is 11.1. The second-order valence-corrected chi connectivity index (χ2v) is 4.82. The third-order valence-corrected chi connectivity index (χ3v) is 3.01. The average Bonchev–Trinajstić information content (AvgIpc) is 2.16. The van der Waals surface area contributed by atoms with Gasteiger partial charge in [-0.15, -0.1) is 0 Å². The van der Waals surface area contributed by atoms with E-state index in [4.69, 9.17) is 4.74 Å². The molecule has 0 bridgehead atoms. The summed E-state index contributed by atoms with van der Waals surface area (Å²) >= 11 is 2.23. The van der Waals surface area contributed by atoms with Gasteiger partial charge in [-0.05, 0) is 36.4 Å². The Balaban J connectivity index is 2.27. The van der Waals surface area contributed by atoms with Gasteiger partial charge in [0.2, 0.25) is 0 Å². The van der Waals surface area contributed by atoms with Gasteiger partial charge < -0.3 is 9.64 Å². The van der Waals surface area contributed by atoms with Gasteiger partial charge in [-0.2, -0.15) is 0 Å². The maximum atomic E-state index is 5.41. The molecule has 4 nitrogen and oxygen atoms in total. The summed E-state index contributed by atoms with van der Waals surface area (Å²) in [6.45, 7) is 6.55. The Labute approximate surface area is 103 Å². The minimum atomic E-state index is 0.392. The van der Waals surface area contributed by atoms with Crippen LogP contribution in [0.15, 0.2) is 6.07 Å². The molecule has 82 valence electrons. The lowest BCUT2D eigenvalue weighted by Crippen LogP contribution is -2.44. The summed E-state index contributed by atoms with van der Waals surface area (Å²) in [5.74, 6) is 1.85. The third-order valence-electron chi connectivity index (χ3n) is 2.46. The van der Waals surface area contributed by atoms with Gasteiger partial charge in [0.1, 0.15) is 15.3 Å². The normalized spacial score (nSPS) is 21.8. The zero-order chi connectivity index (χ0) is 10.8. The molecule has 1 saturated heterocycles. The highest BCUT2D eigenvalue weighted by molar-refractivity contribution is 14.1. The van der Waals surface area contributed by atoms with Crippen molar-refractivity contribution in [2.45, 2.75) is 19.9 Å². The van der Waals surface area contributed by atoms with Crippen LogP contribution in [0, 0.1) is 10.6 Å². The van der Waals surface area contributed by atoms with Gasteiger partial charge >= 0.3 is 0 Å². The molecular formula is C10H14IN3O. The fourth-order valence-corrected chi connectivity index (χ4v) is 2.36. The topological polar surface area (TPSA) is 38.2 Å². The molecule has 0 amide bonds. The van der Waals surface area contributed by atoms with Gasteiger partial charge in [0.05, 0.1) is 19.3 Å². The van der Waals surface area contributed by atoms with Crippen LogP contribution in [0.4, 0.5) is 5.82 Å². The second-order valence-electron chi connectivity index (χ2n) is 3.71. The van der Waals surface area contributed by atoms with E-state index < -0.39 is 0 Å². The Morgan fingerprint density at radius 2 is 2.33 bits per heavy atom. The molecule has 1 aromatic heterocycles. The monoisotopic (exact) mass is 319 g/mol. The summed E-state index contributed by atoms with van der Waals surface area (Å²) in [7, 11) is 0. The molecule has 0 spiro atoms. The Kier molecular flexibility index (Phi) is 3.40. The van der Waals surface area contributed by atoms with Crippen molar-refractivity contribution in [2.75, 3.05) is 24.7 Å². The number of ether oxygens (including phenoxy) is 1. The SMILES string of the molecule is Cc1nc(I)cc(N2CCOC[C@@H]2C)n1. The smallest absolute Gasteiger partial charge is 0.133 e. The number of halogens is 1. The number of hydrogen-bond donors (Lipinski definition) is 0. The van der Waals surface area contributed by atoms with E-state index in [1.165, 1.54) is 0 Å². The predicted octanol–water partition coefficient (Wildman–Crippen LogP) is 1.61. The molecule has 0 aliphatic carbocycles. The Bertz CT molecular complexity index is 338. The summed E-state index contributed by atoms with van der Waals surface area (Å²) in [5, 5.41) is 0. The molecule has 2 heterocycles. The van der Waals surface area contributed by atoms with Crippen LogP contribution in [0.25, 0.3) is 0 Å².